The fourth-order valence-corrected chi connectivity index (χ4v) is 2.53. The normalized spacial score (nSPS) is 11.4. The number of hydrogen-bond donors (Lipinski definition) is 0. The van der Waals surface area contributed by atoms with Crippen molar-refractivity contribution >= 4 is 28.7 Å². The maximum Gasteiger partial charge on any atom is 0.573 e. The largest absolute Gasteiger partial charge is 0.573 e. The van der Waals surface area contributed by atoms with Gasteiger partial charge in [-0.25, -0.2) is 0 Å². The van der Waals surface area contributed by atoms with Gasteiger partial charge in [0.15, 0.2) is 5.78 Å². The second kappa shape index (κ2) is 5.85. The molecular formula is C13H8ClF3O2S. The maximum absolute atomic E-state index is 12.0. The van der Waals surface area contributed by atoms with Crippen LogP contribution in [-0.4, -0.2) is 12.1 Å². The minimum absolute atomic E-state index is 0.100. The van der Waals surface area contributed by atoms with Crippen LogP contribution in [0.25, 0.3) is 0 Å². The zero-order valence-corrected chi connectivity index (χ0v) is 11.5. The number of hydrogen-bond acceptors (Lipinski definition) is 3. The first-order valence-corrected chi connectivity index (χ1v) is 6.66. The van der Waals surface area contributed by atoms with Gasteiger partial charge in [-0.05, 0) is 29.8 Å². The Kier molecular flexibility index (Phi) is 4.35. The number of halogens is 4. The molecule has 0 unspecified atom stereocenters. The third-order valence-corrected chi connectivity index (χ3v) is 3.64. The van der Waals surface area contributed by atoms with Crippen LogP contribution in [-0.2, 0) is 6.42 Å². The van der Waals surface area contributed by atoms with Crippen LogP contribution < -0.4 is 4.74 Å². The molecule has 0 aliphatic heterocycles. The van der Waals surface area contributed by atoms with Crippen molar-refractivity contribution in [2.45, 2.75) is 12.8 Å². The van der Waals surface area contributed by atoms with Crippen LogP contribution >= 0.6 is 22.9 Å². The van der Waals surface area contributed by atoms with E-state index in [9.17, 15) is 18.0 Å². The van der Waals surface area contributed by atoms with Crippen LogP contribution in [0.4, 0.5) is 13.2 Å². The van der Waals surface area contributed by atoms with Crippen LogP contribution in [0.5, 0.6) is 5.75 Å². The zero-order chi connectivity index (χ0) is 14.8. The molecule has 106 valence electrons. The number of carbonyl (C=O) groups is 1. The number of alkyl halides is 3. The highest BCUT2D eigenvalue weighted by Gasteiger charge is 2.30. The molecule has 0 saturated heterocycles. The zero-order valence-electron chi connectivity index (χ0n) is 9.91. The monoisotopic (exact) mass is 320 g/mol. The van der Waals surface area contributed by atoms with E-state index in [2.05, 4.69) is 4.74 Å². The first kappa shape index (κ1) is 14.9. The van der Waals surface area contributed by atoms with Crippen LogP contribution in [0, 0.1) is 0 Å². The Morgan fingerprint density at radius 3 is 2.30 bits per heavy atom. The molecule has 1 aromatic carbocycles. The molecule has 0 atom stereocenters. The standard InChI is InChI=1S/C13H8ClF3O2S/c14-12-6-5-11(20-12)10(18)7-8-1-3-9(4-2-8)19-13(15,16)17/h1-6H,7H2. The molecule has 0 radical (unpaired) electrons. The van der Waals surface area contributed by atoms with E-state index in [1.807, 2.05) is 0 Å². The summed E-state index contributed by atoms with van der Waals surface area (Å²) in [6.07, 6.45) is -4.62. The predicted molar refractivity (Wildman–Crippen MR) is 70.5 cm³/mol. The van der Waals surface area contributed by atoms with Gasteiger partial charge in [-0.2, -0.15) is 0 Å². The summed E-state index contributed by atoms with van der Waals surface area (Å²) in [5.41, 5.74) is 0.606. The van der Waals surface area contributed by atoms with Gasteiger partial charge in [0.25, 0.3) is 0 Å². The summed E-state index contributed by atoms with van der Waals surface area (Å²) in [5, 5.41) is 0. The molecule has 2 aromatic rings. The molecule has 2 nitrogen and oxygen atoms in total. The molecule has 0 bridgehead atoms. The molecule has 0 fully saturated rings. The Balaban J connectivity index is 2.02. The van der Waals surface area contributed by atoms with Crippen molar-refractivity contribution < 1.29 is 22.7 Å². The van der Waals surface area contributed by atoms with Crippen molar-refractivity contribution in [3.8, 4) is 5.75 Å². The van der Waals surface area contributed by atoms with Gasteiger partial charge in [0.2, 0.25) is 0 Å². The van der Waals surface area contributed by atoms with Crippen molar-refractivity contribution in [2.24, 2.45) is 0 Å². The number of ketones is 1. The van der Waals surface area contributed by atoms with Crippen LogP contribution in [0.3, 0.4) is 0 Å². The second-order valence-corrected chi connectivity index (χ2v) is 5.61. The minimum atomic E-state index is -4.72. The molecule has 20 heavy (non-hydrogen) atoms. The van der Waals surface area contributed by atoms with Crippen molar-refractivity contribution in [1.29, 1.82) is 0 Å². The predicted octanol–water partition coefficient (Wildman–Crippen LogP) is 4.73. The average molecular weight is 321 g/mol. The smallest absolute Gasteiger partial charge is 0.406 e. The Hall–Kier alpha value is -1.53. The molecule has 1 aromatic heterocycles. The molecule has 7 heteroatoms. The van der Waals surface area contributed by atoms with Crippen molar-refractivity contribution in [2.75, 3.05) is 0 Å². The SMILES string of the molecule is O=C(Cc1ccc(OC(F)(F)F)cc1)c1ccc(Cl)s1. The number of rotatable bonds is 4. The molecule has 0 aliphatic rings. The Bertz CT molecular complexity index is 605. The third-order valence-electron chi connectivity index (χ3n) is 2.37. The third kappa shape index (κ3) is 4.25. The van der Waals surface area contributed by atoms with Crippen LogP contribution in [0.1, 0.15) is 15.2 Å². The van der Waals surface area contributed by atoms with E-state index >= 15 is 0 Å². The van der Waals surface area contributed by atoms with Gasteiger partial charge >= 0.3 is 6.36 Å². The lowest BCUT2D eigenvalue weighted by atomic mass is 10.1. The van der Waals surface area contributed by atoms with E-state index in [0.29, 0.717) is 14.8 Å². The highest BCUT2D eigenvalue weighted by Crippen LogP contribution is 2.25. The molecule has 1 heterocycles. The summed E-state index contributed by atoms with van der Waals surface area (Å²) >= 11 is 6.90. The van der Waals surface area contributed by atoms with Crippen LogP contribution in [0.15, 0.2) is 36.4 Å². The molecule has 0 N–H and O–H groups in total. The summed E-state index contributed by atoms with van der Waals surface area (Å²) in [4.78, 5) is 12.4. The summed E-state index contributed by atoms with van der Waals surface area (Å²) in [7, 11) is 0. The van der Waals surface area contributed by atoms with E-state index in [4.69, 9.17) is 11.6 Å². The maximum atomic E-state index is 12.0. The second-order valence-electron chi connectivity index (χ2n) is 3.90. The van der Waals surface area contributed by atoms with E-state index in [1.165, 1.54) is 35.6 Å². The number of thiophene rings is 1. The van der Waals surface area contributed by atoms with Gasteiger partial charge < -0.3 is 4.74 Å². The Morgan fingerprint density at radius 1 is 1.15 bits per heavy atom. The summed E-state index contributed by atoms with van der Waals surface area (Å²) < 4.78 is 40.2. The Labute approximate surface area is 121 Å². The molecule has 0 saturated carbocycles. The highest BCUT2D eigenvalue weighted by atomic mass is 35.5. The topological polar surface area (TPSA) is 26.3 Å². The van der Waals surface area contributed by atoms with Crippen molar-refractivity contribution in [3.63, 3.8) is 0 Å². The molecule has 0 aliphatic carbocycles. The van der Waals surface area contributed by atoms with E-state index in [-0.39, 0.29) is 18.0 Å². The van der Waals surface area contributed by atoms with Gasteiger partial charge in [0.1, 0.15) is 5.75 Å². The van der Waals surface area contributed by atoms with Crippen molar-refractivity contribution in [3.05, 3.63) is 51.2 Å². The van der Waals surface area contributed by atoms with E-state index in [0.717, 1.165) is 0 Å². The molecule has 0 spiro atoms. The molecular weight excluding hydrogens is 313 g/mol. The van der Waals surface area contributed by atoms with Gasteiger partial charge in [0.05, 0.1) is 9.21 Å². The summed E-state index contributed by atoms with van der Waals surface area (Å²) in [6, 6.07) is 8.45. The van der Waals surface area contributed by atoms with E-state index < -0.39 is 6.36 Å². The lowest BCUT2D eigenvalue weighted by Crippen LogP contribution is -2.17. The highest BCUT2D eigenvalue weighted by molar-refractivity contribution is 7.18. The lowest BCUT2D eigenvalue weighted by molar-refractivity contribution is -0.274. The van der Waals surface area contributed by atoms with E-state index in [1.54, 1.807) is 12.1 Å². The number of Topliss-reactive ketones (excluding diaryl/α,β-unsaturated/α-hetero) is 1. The van der Waals surface area contributed by atoms with Crippen LogP contribution in [0.2, 0.25) is 4.34 Å². The quantitative estimate of drug-likeness (QED) is 0.762. The Morgan fingerprint density at radius 2 is 1.80 bits per heavy atom. The summed E-state index contributed by atoms with van der Waals surface area (Å²) in [5.74, 6) is -0.445. The first-order chi connectivity index (χ1) is 9.33. The molecule has 0 amide bonds. The number of benzene rings is 1. The summed E-state index contributed by atoms with van der Waals surface area (Å²) in [6.45, 7) is 0. The number of carbonyl (C=O) groups excluding carboxylic acids is 1. The fourth-order valence-electron chi connectivity index (χ4n) is 1.55. The van der Waals surface area contributed by atoms with Gasteiger partial charge in [-0.15, -0.1) is 24.5 Å². The average Bonchev–Trinajstić information content (AvgIpc) is 2.77. The van der Waals surface area contributed by atoms with Gasteiger partial charge in [-0.3, -0.25) is 4.79 Å². The molecule has 2 rings (SSSR count). The van der Waals surface area contributed by atoms with Crippen molar-refractivity contribution in [1.82, 2.24) is 0 Å². The fraction of sp³-hybridized carbons (Fsp3) is 0.154. The number of ether oxygens (including phenoxy) is 1. The minimum Gasteiger partial charge on any atom is -0.406 e. The first-order valence-electron chi connectivity index (χ1n) is 5.47. The van der Waals surface area contributed by atoms with Gasteiger partial charge in [0, 0.05) is 6.42 Å². The lowest BCUT2D eigenvalue weighted by Gasteiger charge is -2.08. The van der Waals surface area contributed by atoms with Gasteiger partial charge in [-0.1, -0.05) is 23.7 Å².